The lowest BCUT2D eigenvalue weighted by Crippen LogP contribution is -2.29. The number of carbonyl (C=O) groups excluding carboxylic acids is 1. The van der Waals surface area contributed by atoms with Gasteiger partial charge in [-0.15, -0.1) is 0 Å². The van der Waals surface area contributed by atoms with Gasteiger partial charge < -0.3 is 20.7 Å². The minimum Gasteiger partial charge on any atom is -0.496 e. The van der Waals surface area contributed by atoms with Gasteiger partial charge in [0, 0.05) is 24.5 Å². The van der Waals surface area contributed by atoms with Crippen molar-refractivity contribution in [3.63, 3.8) is 0 Å². The van der Waals surface area contributed by atoms with Crippen molar-refractivity contribution in [3.05, 3.63) is 52.0 Å². The topological polar surface area (TPSA) is 62.4 Å². The fraction of sp³-hybridized carbons (Fsp3) is 0.278. The molecular weight excluding hydrogens is 370 g/mol. The average Bonchev–Trinajstić information content (AvgIpc) is 2.60. The quantitative estimate of drug-likeness (QED) is 0.736. The summed E-state index contributed by atoms with van der Waals surface area (Å²) >= 11 is 3.41. The lowest BCUT2D eigenvalue weighted by molar-refractivity contribution is 0.251. The number of fused-ring (bicyclic) bond motifs is 1. The Morgan fingerprint density at radius 3 is 3.00 bits per heavy atom. The van der Waals surface area contributed by atoms with Gasteiger partial charge in [0.15, 0.2) is 0 Å². The van der Waals surface area contributed by atoms with E-state index in [1.54, 1.807) is 19.2 Å². The number of rotatable bonds is 4. The number of amides is 2. The number of hydrogen-bond donors (Lipinski definition) is 3. The van der Waals surface area contributed by atoms with E-state index < -0.39 is 0 Å². The van der Waals surface area contributed by atoms with E-state index in [2.05, 4.69) is 44.0 Å². The highest BCUT2D eigenvalue weighted by molar-refractivity contribution is 9.10. The van der Waals surface area contributed by atoms with Crippen LogP contribution in [0.15, 0.2) is 40.9 Å². The van der Waals surface area contributed by atoms with Crippen LogP contribution in [0.1, 0.15) is 17.5 Å². The Balaban J connectivity index is 1.61. The summed E-state index contributed by atoms with van der Waals surface area (Å²) in [5.41, 5.74) is 4.35. The molecule has 3 N–H and O–H groups in total. The molecule has 0 saturated carbocycles. The number of urea groups is 1. The van der Waals surface area contributed by atoms with E-state index in [-0.39, 0.29) is 6.03 Å². The molecule has 6 heteroatoms. The number of anilines is 2. The third kappa shape index (κ3) is 3.82. The summed E-state index contributed by atoms with van der Waals surface area (Å²) < 4.78 is 5.98. The first-order valence-electron chi connectivity index (χ1n) is 7.90. The first-order chi connectivity index (χ1) is 11.7. The van der Waals surface area contributed by atoms with Crippen molar-refractivity contribution < 1.29 is 9.53 Å². The van der Waals surface area contributed by atoms with Crippen LogP contribution in [0.25, 0.3) is 0 Å². The Bertz CT molecular complexity index is 749. The minimum absolute atomic E-state index is 0.228. The van der Waals surface area contributed by atoms with Crippen molar-refractivity contribution in [1.29, 1.82) is 0 Å². The monoisotopic (exact) mass is 389 g/mol. The molecule has 0 saturated heterocycles. The van der Waals surface area contributed by atoms with Gasteiger partial charge in [0.2, 0.25) is 0 Å². The van der Waals surface area contributed by atoms with E-state index in [1.807, 2.05) is 12.1 Å². The average molecular weight is 390 g/mol. The molecule has 0 aliphatic carbocycles. The summed E-state index contributed by atoms with van der Waals surface area (Å²) in [6.45, 7) is 1.52. The van der Waals surface area contributed by atoms with E-state index in [4.69, 9.17) is 4.74 Å². The summed E-state index contributed by atoms with van der Waals surface area (Å²) in [5, 5.41) is 9.16. The van der Waals surface area contributed by atoms with Crippen LogP contribution < -0.4 is 20.7 Å². The summed E-state index contributed by atoms with van der Waals surface area (Å²) in [6.07, 6.45) is 2.17. The normalized spacial score (nSPS) is 12.8. The van der Waals surface area contributed by atoms with E-state index in [1.165, 1.54) is 11.3 Å². The number of halogens is 1. The van der Waals surface area contributed by atoms with Crippen LogP contribution in [0.5, 0.6) is 5.75 Å². The number of nitrogens with one attached hydrogen (secondary N) is 3. The maximum Gasteiger partial charge on any atom is 0.319 e. The van der Waals surface area contributed by atoms with Crippen molar-refractivity contribution in [1.82, 2.24) is 5.32 Å². The van der Waals surface area contributed by atoms with Crippen molar-refractivity contribution >= 4 is 33.3 Å². The molecule has 1 heterocycles. The van der Waals surface area contributed by atoms with Crippen LogP contribution in [0, 0.1) is 0 Å². The van der Waals surface area contributed by atoms with Crippen molar-refractivity contribution in [2.45, 2.75) is 19.4 Å². The van der Waals surface area contributed by atoms with Gasteiger partial charge in [0.1, 0.15) is 5.75 Å². The molecule has 1 aliphatic rings. The first-order valence-corrected chi connectivity index (χ1v) is 8.69. The highest BCUT2D eigenvalue weighted by atomic mass is 79.9. The predicted octanol–water partition coefficient (Wildman–Crippen LogP) is 4.14. The van der Waals surface area contributed by atoms with Gasteiger partial charge in [-0.1, -0.05) is 12.1 Å². The summed E-state index contributed by atoms with van der Waals surface area (Å²) in [4.78, 5) is 12.1. The van der Waals surface area contributed by atoms with Gasteiger partial charge >= 0.3 is 6.03 Å². The van der Waals surface area contributed by atoms with Crippen LogP contribution in [-0.4, -0.2) is 19.7 Å². The molecule has 24 heavy (non-hydrogen) atoms. The minimum atomic E-state index is -0.228. The predicted molar refractivity (Wildman–Crippen MR) is 99.8 cm³/mol. The molecule has 2 aromatic rings. The van der Waals surface area contributed by atoms with E-state index in [9.17, 15) is 4.79 Å². The number of benzene rings is 2. The molecule has 0 unspecified atom stereocenters. The zero-order chi connectivity index (χ0) is 16.9. The second-order valence-corrected chi connectivity index (χ2v) is 6.48. The van der Waals surface area contributed by atoms with Gasteiger partial charge in [0.05, 0.1) is 11.6 Å². The molecule has 1 aliphatic heterocycles. The molecule has 126 valence electrons. The lowest BCUT2D eigenvalue weighted by atomic mass is 9.97. The van der Waals surface area contributed by atoms with Crippen molar-refractivity contribution in [2.24, 2.45) is 0 Å². The molecule has 0 aromatic heterocycles. The molecule has 0 fully saturated rings. The Morgan fingerprint density at radius 1 is 1.33 bits per heavy atom. The Labute approximate surface area is 149 Å². The van der Waals surface area contributed by atoms with Crippen LogP contribution >= 0.6 is 15.9 Å². The highest BCUT2D eigenvalue weighted by Crippen LogP contribution is 2.28. The van der Waals surface area contributed by atoms with Gasteiger partial charge in [-0.25, -0.2) is 4.79 Å². The summed E-state index contributed by atoms with van der Waals surface area (Å²) in [5.74, 6) is 0.726. The molecule has 0 atom stereocenters. The van der Waals surface area contributed by atoms with Crippen LogP contribution in [0.4, 0.5) is 16.2 Å². The van der Waals surface area contributed by atoms with Gasteiger partial charge in [-0.05, 0) is 64.2 Å². The number of ether oxygens (including phenoxy) is 1. The zero-order valence-corrected chi connectivity index (χ0v) is 15.1. The second kappa shape index (κ2) is 7.57. The third-order valence-corrected chi connectivity index (χ3v) is 4.66. The summed E-state index contributed by atoms with van der Waals surface area (Å²) in [6, 6.07) is 11.4. The molecule has 0 radical (unpaired) electrons. The van der Waals surface area contributed by atoms with Gasteiger partial charge in [-0.3, -0.25) is 0 Å². The van der Waals surface area contributed by atoms with Crippen LogP contribution in [0.3, 0.4) is 0 Å². The zero-order valence-electron chi connectivity index (χ0n) is 13.5. The Morgan fingerprint density at radius 2 is 2.21 bits per heavy atom. The fourth-order valence-electron chi connectivity index (χ4n) is 2.84. The molecule has 5 nitrogen and oxygen atoms in total. The molecule has 0 bridgehead atoms. The maximum absolute atomic E-state index is 12.1. The Hall–Kier alpha value is -2.21. The smallest absolute Gasteiger partial charge is 0.319 e. The molecular formula is C18H20BrN3O2. The number of methoxy groups -OCH3 is 1. The number of carbonyl (C=O) groups is 1. The van der Waals surface area contributed by atoms with E-state index >= 15 is 0 Å². The summed E-state index contributed by atoms with van der Waals surface area (Å²) in [7, 11) is 1.61. The maximum atomic E-state index is 12.1. The molecule has 3 rings (SSSR count). The lowest BCUT2D eigenvalue weighted by Gasteiger charge is -2.21. The number of hydrogen-bond acceptors (Lipinski definition) is 3. The van der Waals surface area contributed by atoms with Gasteiger partial charge in [0.25, 0.3) is 0 Å². The third-order valence-electron chi connectivity index (χ3n) is 4.04. The molecule has 2 aromatic carbocycles. The SMILES string of the molecule is COc1ccc(NC(=O)NCc2cccc3c2CCCN3)cc1Br. The van der Waals surface area contributed by atoms with E-state index in [0.717, 1.165) is 35.2 Å². The van der Waals surface area contributed by atoms with Crippen LogP contribution in [-0.2, 0) is 13.0 Å². The van der Waals surface area contributed by atoms with E-state index in [0.29, 0.717) is 12.2 Å². The fourth-order valence-corrected chi connectivity index (χ4v) is 3.38. The van der Waals surface area contributed by atoms with Crippen molar-refractivity contribution in [2.75, 3.05) is 24.3 Å². The van der Waals surface area contributed by atoms with Crippen molar-refractivity contribution in [3.8, 4) is 5.75 Å². The second-order valence-electron chi connectivity index (χ2n) is 5.63. The standard InChI is InChI=1S/C18H20BrN3O2/c1-24-17-8-7-13(10-15(17)19)22-18(23)21-11-12-4-2-6-16-14(12)5-3-9-20-16/h2,4,6-8,10,20H,3,5,9,11H2,1H3,(H2,21,22,23). The molecule has 0 spiro atoms. The van der Waals surface area contributed by atoms with Crippen LogP contribution in [0.2, 0.25) is 0 Å². The molecule has 2 amide bonds. The van der Waals surface area contributed by atoms with Gasteiger partial charge in [-0.2, -0.15) is 0 Å². The highest BCUT2D eigenvalue weighted by Gasteiger charge is 2.13. The largest absolute Gasteiger partial charge is 0.496 e. The Kier molecular flexibility index (Phi) is 5.25. The first kappa shape index (κ1) is 16.6.